The molecule has 0 aliphatic rings. The summed E-state index contributed by atoms with van der Waals surface area (Å²) in [4.78, 5) is 23.5. The van der Waals surface area contributed by atoms with Crippen molar-refractivity contribution in [3.63, 3.8) is 0 Å². The van der Waals surface area contributed by atoms with Crippen molar-refractivity contribution in [1.82, 2.24) is 5.32 Å². The summed E-state index contributed by atoms with van der Waals surface area (Å²) in [6, 6.07) is 9.12. The molecule has 0 fully saturated rings. The van der Waals surface area contributed by atoms with Crippen molar-refractivity contribution in [3.8, 4) is 0 Å². The van der Waals surface area contributed by atoms with E-state index in [2.05, 4.69) is 5.32 Å². The highest BCUT2D eigenvalue weighted by Crippen LogP contribution is 2.18. The zero-order valence-electron chi connectivity index (χ0n) is 16.2. The van der Waals surface area contributed by atoms with Crippen LogP contribution in [0.15, 0.2) is 36.4 Å². The van der Waals surface area contributed by atoms with Crippen LogP contribution in [0.1, 0.15) is 32.8 Å². The van der Waals surface area contributed by atoms with Crippen LogP contribution in [0.4, 0.5) is 0 Å². The van der Waals surface area contributed by atoms with Gasteiger partial charge in [-0.1, -0.05) is 30.3 Å². The SMILES string of the molecule is CCO[Si](CCCNC(=O)/C=C(/C(=O)O)c1ccccc1)(OCC)OCC. The van der Waals surface area contributed by atoms with Crippen molar-refractivity contribution in [1.29, 1.82) is 0 Å². The molecule has 2 N–H and O–H groups in total. The van der Waals surface area contributed by atoms with E-state index in [-0.39, 0.29) is 5.57 Å². The van der Waals surface area contributed by atoms with Crippen LogP contribution >= 0.6 is 0 Å². The predicted octanol–water partition coefficient (Wildman–Crippen LogP) is 2.71. The van der Waals surface area contributed by atoms with E-state index in [0.29, 0.717) is 44.4 Å². The number of carboxylic acid groups (broad SMARTS) is 1. The molecule has 1 amide bonds. The molecular formula is C19H29NO6Si. The second kappa shape index (κ2) is 12.4. The highest BCUT2D eigenvalue weighted by Gasteiger charge is 2.39. The molecule has 0 heterocycles. The summed E-state index contributed by atoms with van der Waals surface area (Å²) in [7, 11) is -2.73. The van der Waals surface area contributed by atoms with Crippen LogP contribution in [0, 0.1) is 0 Å². The summed E-state index contributed by atoms with van der Waals surface area (Å²) in [5, 5.41) is 12.1. The Labute approximate surface area is 161 Å². The molecule has 150 valence electrons. The number of carboxylic acids is 1. The topological polar surface area (TPSA) is 94.1 Å². The quantitative estimate of drug-likeness (QED) is 0.303. The van der Waals surface area contributed by atoms with Crippen molar-refractivity contribution in [2.24, 2.45) is 0 Å². The van der Waals surface area contributed by atoms with E-state index in [4.69, 9.17) is 13.3 Å². The number of hydrogen-bond acceptors (Lipinski definition) is 5. The van der Waals surface area contributed by atoms with E-state index in [9.17, 15) is 14.7 Å². The van der Waals surface area contributed by atoms with Gasteiger partial charge in [-0.25, -0.2) is 4.79 Å². The van der Waals surface area contributed by atoms with Crippen molar-refractivity contribution >= 4 is 26.3 Å². The number of rotatable bonds is 13. The lowest BCUT2D eigenvalue weighted by Crippen LogP contribution is -2.46. The molecule has 7 nitrogen and oxygen atoms in total. The second-order valence-electron chi connectivity index (χ2n) is 5.61. The summed E-state index contributed by atoms with van der Waals surface area (Å²) in [6.45, 7) is 7.55. The van der Waals surface area contributed by atoms with Crippen LogP contribution in [0.3, 0.4) is 0 Å². The number of carbonyl (C=O) groups is 2. The van der Waals surface area contributed by atoms with Crippen molar-refractivity contribution in [2.45, 2.75) is 33.2 Å². The molecule has 0 spiro atoms. The molecule has 0 unspecified atom stereocenters. The molecule has 0 aromatic heterocycles. The summed E-state index contributed by atoms with van der Waals surface area (Å²) < 4.78 is 17.3. The Balaban J connectivity index is 2.63. The maximum Gasteiger partial charge on any atom is 0.500 e. The van der Waals surface area contributed by atoms with Gasteiger partial charge in [-0.3, -0.25) is 4.79 Å². The fourth-order valence-electron chi connectivity index (χ4n) is 2.59. The summed E-state index contributed by atoms with van der Waals surface area (Å²) in [5.41, 5.74) is 0.436. The van der Waals surface area contributed by atoms with Crippen LogP contribution in [0.25, 0.3) is 5.57 Å². The molecule has 8 heteroatoms. The predicted molar refractivity (Wildman–Crippen MR) is 105 cm³/mol. The Kier molecular flexibility index (Phi) is 10.6. The number of benzene rings is 1. The third-order valence-corrected chi connectivity index (χ3v) is 6.79. The number of nitrogens with one attached hydrogen (secondary N) is 1. The molecule has 0 atom stereocenters. The van der Waals surface area contributed by atoms with Gasteiger partial charge in [0.25, 0.3) is 0 Å². The van der Waals surface area contributed by atoms with Crippen LogP contribution in [-0.4, -0.2) is 52.2 Å². The fraction of sp³-hybridized carbons (Fsp3) is 0.474. The minimum Gasteiger partial charge on any atom is -0.478 e. The van der Waals surface area contributed by atoms with E-state index >= 15 is 0 Å². The lowest BCUT2D eigenvalue weighted by molar-refractivity contribution is -0.130. The Morgan fingerprint density at radius 1 is 1.04 bits per heavy atom. The highest BCUT2D eigenvalue weighted by molar-refractivity contribution is 6.60. The second-order valence-corrected chi connectivity index (χ2v) is 8.34. The van der Waals surface area contributed by atoms with Crippen LogP contribution in [0.2, 0.25) is 6.04 Å². The highest BCUT2D eigenvalue weighted by atomic mass is 28.4. The molecule has 0 saturated heterocycles. The zero-order valence-corrected chi connectivity index (χ0v) is 17.2. The standard InChI is InChI=1S/C19H29NO6Si/c1-4-24-27(25-5-2,26-6-3)14-10-13-20-18(21)15-17(19(22)23)16-11-8-7-9-12-16/h7-9,11-12,15H,4-6,10,13-14H2,1-3H3,(H,20,21)(H,22,23)/b17-15+. The number of aliphatic carboxylic acids is 1. The molecule has 27 heavy (non-hydrogen) atoms. The third kappa shape index (κ3) is 8.04. The van der Waals surface area contributed by atoms with Gasteiger partial charge in [0.05, 0.1) is 5.57 Å². The summed E-state index contributed by atoms with van der Waals surface area (Å²) in [6.07, 6.45) is 1.72. The van der Waals surface area contributed by atoms with Gasteiger partial charge in [-0.2, -0.15) is 0 Å². The Morgan fingerprint density at radius 3 is 2.07 bits per heavy atom. The monoisotopic (exact) mass is 395 g/mol. The third-order valence-electron chi connectivity index (χ3n) is 3.64. The molecule has 1 aromatic carbocycles. The largest absolute Gasteiger partial charge is 0.500 e. The van der Waals surface area contributed by atoms with E-state index in [0.717, 1.165) is 6.08 Å². The zero-order chi connectivity index (χ0) is 20.1. The molecule has 0 radical (unpaired) electrons. The smallest absolute Gasteiger partial charge is 0.478 e. The fourth-order valence-corrected chi connectivity index (χ4v) is 5.20. The molecule has 1 rings (SSSR count). The first-order chi connectivity index (χ1) is 13.0. The summed E-state index contributed by atoms with van der Waals surface area (Å²) >= 11 is 0. The average molecular weight is 396 g/mol. The first-order valence-corrected chi connectivity index (χ1v) is 11.1. The maximum atomic E-state index is 12.1. The van der Waals surface area contributed by atoms with Crippen molar-refractivity contribution in [2.75, 3.05) is 26.4 Å². The molecule has 0 aliphatic carbocycles. The number of carbonyl (C=O) groups excluding carboxylic acids is 1. The van der Waals surface area contributed by atoms with E-state index in [1.54, 1.807) is 30.3 Å². The van der Waals surface area contributed by atoms with E-state index < -0.39 is 20.7 Å². The van der Waals surface area contributed by atoms with Crippen molar-refractivity contribution < 1.29 is 28.0 Å². The van der Waals surface area contributed by atoms with Gasteiger partial charge < -0.3 is 23.7 Å². The number of amides is 1. The minimum absolute atomic E-state index is 0.0465. The molecule has 1 aromatic rings. The molecular weight excluding hydrogens is 366 g/mol. The normalized spacial score (nSPS) is 12.0. The van der Waals surface area contributed by atoms with Crippen LogP contribution in [0.5, 0.6) is 0 Å². The van der Waals surface area contributed by atoms with Crippen molar-refractivity contribution in [3.05, 3.63) is 42.0 Å². The van der Waals surface area contributed by atoms with Gasteiger partial charge in [-0.05, 0) is 32.8 Å². The van der Waals surface area contributed by atoms with Crippen LogP contribution in [-0.2, 0) is 22.9 Å². The molecule has 0 bridgehead atoms. The van der Waals surface area contributed by atoms with Gasteiger partial charge in [0.15, 0.2) is 0 Å². The van der Waals surface area contributed by atoms with Gasteiger partial charge in [0, 0.05) is 38.5 Å². The van der Waals surface area contributed by atoms with Gasteiger partial charge in [-0.15, -0.1) is 0 Å². The number of hydrogen-bond donors (Lipinski definition) is 2. The minimum atomic E-state index is -2.73. The summed E-state index contributed by atoms with van der Waals surface area (Å²) in [5.74, 6) is -1.60. The Bertz CT molecular complexity index is 603. The molecule has 0 saturated carbocycles. The lowest BCUT2D eigenvalue weighted by Gasteiger charge is -2.28. The lowest BCUT2D eigenvalue weighted by atomic mass is 10.1. The average Bonchev–Trinajstić information content (AvgIpc) is 2.64. The first kappa shape index (κ1) is 23.0. The van der Waals surface area contributed by atoms with Crippen LogP contribution < -0.4 is 5.32 Å². The molecule has 0 aliphatic heterocycles. The maximum absolute atomic E-state index is 12.1. The van der Waals surface area contributed by atoms with Gasteiger partial charge >= 0.3 is 14.8 Å². The van der Waals surface area contributed by atoms with Gasteiger partial charge in [0.2, 0.25) is 5.91 Å². The van der Waals surface area contributed by atoms with E-state index in [1.165, 1.54) is 0 Å². The first-order valence-electron chi connectivity index (χ1n) is 9.18. The van der Waals surface area contributed by atoms with E-state index in [1.807, 2.05) is 20.8 Å². The Hall–Kier alpha value is -2.00. The Morgan fingerprint density at radius 2 is 1.59 bits per heavy atom. The van der Waals surface area contributed by atoms with Gasteiger partial charge in [0.1, 0.15) is 0 Å².